The van der Waals surface area contributed by atoms with E-state index in [1.807, 2.05) is 13.0 Å². The molecule has 0 aromatic heterocycles. The number of carbonyl (C=O) groups is 2. The fourth-order valence-corrected chi connectivity index (χ4v) is 6.20. The lowest BCUT2D eigenvalue weighted by Gasteiger charge is -2.23. The Hall–Kier alpha value is -2.75. The predicted octanol–water partition coefficient (Wildman–Crippen LogP) is 3.03. The van der Waals surface area contributed by atoms with Gasteiger partial charge in [0.05, 0.1) is 12.3 Å². The molecule has 2 aliphatic rings. The summed E-state index contributed by atoms with van der Waals surface area (Å²) in [5.74, 6) is -0.837. The number of sulfonamides is 1. The number of rotatable bonds is 10. The third kappa shape index (κ3) is 6.09. The van der Waals surface area contributed by atoms with Crippen LogP contribution in [-0.4, -0.2) is 50.3 Å². The molecular formula is C26H33N3O5S. The number of fused-ring (bicyclic) bond motifs is 1. The second kappa shape index (κ2) is 10.9. The number of unbranched alkanes of at least 4 members (excludes halogenated alkanes) is 1. The van der Waals surface area contributed by atoms with E-state index in [4.69, 9.17) is 0 Å². The first-order valence-electron chi connectivity index (χ1n) is 12.2. The van der Waals surface area contributed by atoms with E-state index in [9.17, 15) is 23.1 Å². The normalized spacial score (nSPS) is 17.4. The molecule has 188 valence electrons. The van der Waals surface area contributed by atoms with Crippen LogP contribution in [0.25, 0.3) is 0 Å². The number of carbonyl (C=O) groups excluding carboxylic acids is 1. The Labute approximate surface area is 206 Å². The number of hydrogen-bond donors (Lipinski definition) is 3. The lowest BCUT2D eigenvalue weighted by atomic mass is 9.88. The predicted molar refractivity (Wildman–Crippen MR) is 135 cm³/mol. The monoisotopic (exact) mass is 499 g/mol. The number of carboxylic acids is 1. The van der Waals surface area contributed by atoms with Gasteiger partial charge >= 0.3 is 5.97 Å². The molecule has 2 aromatic rings. The van der Waals surface area contributed by atoms with Crippen LogP contribution in [0.5, 0.6) is 0 Å². The fraction of sp³-hybridized carbons (Fsp3) is 0.462. The molecule has 0 spiro atoms. The fourth-order valence-electron chi connectivity index (χ4n) is 4.80. The molecule has 0 radical (unpaired) electrons. The second-order valence-corrected chi connectivity index (χ2v) is 11.3. The van der Waals surface area contributed by atoms with Gasteiger partial charge in [-0.1, -0.05) is 37.6 Å². The molecule has 0 bridgehead atoms. The van der Waals surface area contributed by atoms with Crippen molar-refractivity contribution in [2.24, 2.45) is 0 Å². The van der Waals surface area contributed by atoms with Crippen molar-refractivity contribution in [1.82, 2.24) is 10.0 Å². The first kappa shape index (κ1) is 25.3. The molecule has 1 unspecified atom stereocenters. The lowest BCUT2D eigenvalue weighted by molar-refractivity contribution is -0.138. The zero-order chi connectivity index (χ0) is 25.0. The van der Waals surface area contributed by atoms with Crippen molar-refractivity contribution in [3.05, 3.63) is 64.7 Å². The summed E-state index contributed by atoms with van der Waals surface area (Å²) in [6, 6.07) is 12.0. The topological polar surface area (TPSA) is 116 Å². The molecule has 1 fully saturated rings. The lowest BCUT2D eigenvalue weighted by Crippen LogP contribution is -2.43. The third-order valence-electron chi connectivity index (χ3n) is 6.82. The van der Waals surface area contributed by atoms with Crippen LogP contribution in [0.1, 0.15) is 65.6 Å². The van der Waals surface area contributed by atoms with E-state index in [0.29, 0.717) is 30.9 Å². The van der Waals surface area contributed by atoms with Crippen LogP contribution in [0.2, 0.25) is 0 Å². The van der Waals surface area contributed by atoms with Crippen molar-refractivity contribution in [2.75, 3.05) is 23.7 Å². The number of amides is 1. The van der Waals surface area contributed by atoms with Crippen molar-refractivity contribution < 1.29 is 23.1 Å². The first-order valence-corrected chi connectivity index (χ1v) is 13.9. The number of nitrogens with one attached hydrogen (secondary N) is 2. The van der Waals surface area contributed by atoms with Crippen LogP contribution in [-0.2, 0) is 27.8 Å². The third-order valence-corrected chi connectivity index (χ3v) is 8.29. The van der Waals surface area contributed by atoms with E-state index in [2.05, 4.69) is 22.2 Å². The van der Waals surface area contributed by atoms with Crippen LogP contribution in [0.15, 0.2) is 42.5 Å². The Kier molecular flexibility index (Phi) is 7.88. The minimum atomic E-state index is -3.67. The maximum Gasteiger partial charge on any atom is 0.322 e. The molecule has 4 rings (SSSR count). The molecule has 2 aliphatic heterocycles. The zero-order valence-electron chi connectivity index (χ0n) is 20.0. The summed E-state index contributed by atoms with van der Waals surface area (Å²) in [7, 11) is -3.67. The summed E-state index contributed by atoms with van der Waals surface area (Å²) < 4.78 is 26.6. The number of aliphatic carboxylic acids is 1. The van der Waals surface area contributed by atoms with Gasteiger partial charge in [0.1, 0.15) is 6.04 Å². The van der Waals surface area contributed by atoms with Crippen LogP contribution in [0.3, 0.4) is 0 Å². The highest BCUT2D eigenvalue weighted by molar-refractivity contribution is 7.89. The van der Waals surface area contributed by atoms with Crippen molar-refractivity contribution in [2.45, 2.75) is 57.5 Å². The van der Waals surface area contributed by atoms with E-state index in [0.717, 1.165) is 42.7 Å². The van der Waals surface area contributed by atoms with Gasteiger partial charge in [0, 0.05) is 11.3 Å². The Balaban J connectivity index is 1.44. The van der Waals surface area contributed by atoms with E-state index in [1.54, 1.807) is 29.2 Å². The van der Waals surface area contributed by atoms with Gasteiger partial charge in [-0.05, 0) is 79.6 Å². The largest absolute Gasteiger partial charge is 0.480 e. The van der Waals surface area contributed by atoms with Gasteiger partial charge in [0.2, 0.25) is 10.0 Å². The molecule has 1 saturated heterocycles. The minimum absolute atomic E-state index is 0.0226. The smallest absolute Gasteiger partial charge is 0.322 e. The standard InChI is InChI=1S/C26H33N3O5S/c1-2-3-14-35(33,34)28-24(26(31)32)15-18-4-7-22(8-5-18)29-17-21-16-20(6-9-23(21)25(29)30)19-10-12-27-13-11-19/h4-9,16,19,24,27-28H,2-3,10-15,17H2,1H3,(H,31,32). The van der Waals surface area contributed by atoms with E-state index in [-0.39, 0.29) is 18.1 Å². The molecule has 2 heterocycles. The quantitative estimate of drug-likeness (QED) is 0.463. The average Bonchev–Trinajstić information content (AvgIpc) is 3.19. The van der Waals surface area contributed by atoms with Gasteiger partial charge in [-0.3, -0.25) is 9.59 Å². The molecule has 8 nitrogen and oxygen atoms in total. The first-order chi connectivity index (χ1) is 16.8. The van der Waals surface area contributed by atoms with Crippen LogP contribution in [0.4, 0.5) is 5.69 Å². The maximum absolute atomic E-state index is 13.0. The average molecular weight is 500 g/mol. The van der Waals surface area contributed by atoms with E-state index in [1.165, 1.54) is 5.56 Å². The minimum Gasteiger partial charge on any atom is -0.480 e. The number of benzene rings is 2. The number of hydrogen-bond acceptors (Lipinski definition) is 5. The second-order valence-electron chi connectivity index (χ2n) is 9.38. The van der Waals surface area contributed by atoms with Crippen molar-refractivity contribution in [3.8, 4) is 0 Å². The molecule has 2 aromatic carbocycles. The van der Waals surface area contributed by atoms with E-state index < -0.39 is 22.0 Å². The van der Waals surface area contributed by atoms with E-state index >= 15 is 0 Å². The highest BCUT2D eigenvalue weighted by Gasteiger charge is 2.30. The summed E-state index contributed by atoms with van der Waals surface area (Å²) in [5, 5.41) is 12.9. The Morgan fingerprint density at radius 1 is 1.17 bits per heavy atom. The van der Waals surface area contributed by atoms with Crippen LogP contribution in [0, 0.1) is 0 Å². The number of nitrogens with zero attached hydrogens (tertiary/aromatic N) is 1. The summed E-state index contributed by atoms with van der Waals surface area (Å²) in [4.78, 5) is 26.4. The van der Waals surface area contributed by atoms with Gasteiger partial charge in [-0.15, -0.1) is 0 Å². The molecule has 3 N–H and O–H groups in total. The van der Waals surface area contributed by atoms with Crippen LogP contribution < -0.4 is 14.9 Å². The molecule has 0 saturated carbocycles. The highest BCUT2D eigenvalue weighted by atomic mass is 32.2. The SMILES string of the molecule is CCCCS(=O)(=O)NC(Cc1ccc(N2Cc3cc(C4CCNCC4)ccc3C2=O)cc1)C(=O)O. The molecule has 0 aliphatic carbocycles. The Morgan fingerprint density at radius 3 is 2.54 bits per heavy atom. The van der Waals surface area contributed by atoms with Crippen molar-refractivity contribution >= 4 is 27.6 Å². The molecule has 9 heteroatoms. The molecule has 35 heavy (non-hydrogen) atoms. The summed E-state index contributed by atoms with van der Waals surface area (Å²) in [6.45, 7) is 4.41. The Bertz CT molecular complexity index is 1170. The van der Waals surface area contributed by atoms with Gasteiger partial charge in [-0.2, -0.15) is 0 Å². The summed E-state index contributed by atoms with van der Waals surface area (Å²) in [6.07, 6.45) is 3.41. The van der Waals surface area contributed by atoms with Gasteiger partial charge in [0.25, 0.3) is 5.91 Å². The molecule has 1 amide bonds. The highest BCUT2D eigenvalue weighted by Crippen LogP contribution is 2.33. The van der Waals surface area contributed by atoms with Gasteiger partial charge in [-0.25, -0.2) is 13.1 Å². The summed E-state index contributed by atoms with van der Waals surface area (Å²) >= 11 is 0. The number of piperidine rings is 1. The van der Waals surface area contributed by atoms with Crippen molar-refractivity contribution in [3.63, 3.8) is 0 Å². The van der Waals surface area contributed by atoms with Crippen molar-refractivity contribution in [1.29, 1.82) is 0 Å². The van der Waals surface area contributed by atoms with Crippen LogP contribution >= 0.6 is 0 Å². The molecular weight excluding hydrogens is 466 g/mol. The number of anilines is 1. The van der Waals surface area contributed by atoms with Gasteiger partial charge in [0.15, 0.2) is 0 Å². The maximum atomic E-state index is 13.0. The molecule has 1 atom stereocenters. The zero-order valence-corrected chi connectivity index (χ0v) is 20.8. The van der Waals surface area contributed by atoms with Gasteiger partial charge < -0.3 is 15.3 Å². The summed E-state index contributed by atoms with van der Waals surface area (Å²) in [5.41, 5.74) is 4.45. The number of carboxylic acid groups (broad SMARTS) is 1. The Morgan fingerprint density at radius 2 is 1.89 bits per heavy atom.